The first-order valence-electron chi connectivity index (χ1n) is 10.2. The summed E-state index contributed by atoms with van der Waals surface area (Å²) in [5.41, 5.74) is 4.56. The van der Waals surface area contributed by atoms with Crippen molar-refractivity contribution in [3.8, 4) is 22.6 Å². The number of aryl methyl sites for hydroxylation is 3. The van der Waals surface area contributed by atoms with E-state index in [0.29, 0.717) is 28.2 Å². The number of hydrogen-bond acceptors (Lipinski definition) is 5. The normalized spacial score (nSPS) is 11.2. The molecule has 4 aromatic rings. The molecule has 8 nitrogen and oxygen atoms in total. The molecule has 1 heterocycles. The molecule has 0 fully saturated rings. The average molecular weight is 442 g/mol. The van der Waals surface area contributed by atoms with Crippen LogP contribution in [0.25, 0.3) is 16.8 Å². The zero-order valence-electron chi connectivity index (χ0n) is 18.3. The third kappa shape index (κ3) is 4.18. The van der Waals surface area contributed by atoms with Crippen LogP contribution < -0.4 is 5.56 Å². The first kappa shape index (κ1) is 21.8. The molecule has 0 aliphatic rings. The lowest BCUT2D eigenvalue weighted by Crippen LogP contribution is -2.14. The maximum Gasteiger partial charge on any atom is 0.339 e. The highest BCUT2D eigenvalue weighted by molar-refractivity contribution is 5.94. The Balaban J connectivity index is 1.68. The minimum absolute atomic E-state index is 0.186. The predicted molar refractivity (Wildman–Crippen MR) is 125 cm³/mol. The van der Waals surface area contributed by atoms with E-state index in [1.807, 2.05) is 32.0 Å². The molecule has 0 aliphatic heterocycles. The van der Waals surface area contributed by atoms with Crippen molar-refractivity contribution in [2.24, 2.45) is 10.2 Å². The fourth-order valence-electron chi connectivity index (χ4n) is 3.49. The predicted octanol–water partition coefficient (Wildman–Crippen LogP) is 5.58. The fourth-order valence-corrected chi connectivity index (χ4v) is 3.49. The van der Waals surface area contributed by atoms with Crippen LogP contribution in [0.15, 0.2) is 75.7 Å². The van der Waals surface area contributed by atoms with Gasteiger partial charge in [-0.25, -0.2) is 9.48 Å². The number of nitrogens with one attached hydrogen (secondary N) is 1. The summed E-state index contributed by atoms with van der Waals surface area (Å²) in [5.74, 6) is -1.54. The zero-order chi connectivity index (χ0) is 23.7. The number of carboxylic acid groups (broad SMARTS) is 1. The second kappa shape index (κ2) is 8.58. The minimum atomic E-state index is -1.21. The third-order valence-electron chi connectivity index (χ3n) is 5.48. The highest BCUT2D eigenvalue weighted by Gasteiger charge is 2.15. The van der Waals surface area contributed by atoms with Crippen molar-refractivity contribution >= 4 is 17.3 Å². The summed E-state index contributed by atoms with van der Waals surface area (Å²) in [6.07, 6.45) is 0. The quantitative estimate of drug-likeness (QED) is 0.350. The number of aromatic hydroxyl groups is 1. The van der Waals surface area contributed by atoms with Crippen LogP contribution in [0, 0.1) is 20.8 Å². The number of rotatable bonds is 5. The van der Waals surface area contributed by atoms with Crippen LogP contribution in [0.4, 0.5) is 11.4 Å². The number of azo groups is 1. The van der Waals surface area contributed by atoms with Crippen molar-refractivity contribution in [3.05, 3.63) is 93.4 Å². The number of carboxylic acids is 1. The van der Waals surface area contributed by atoms with Gasteiger partial charge >= 0.3 is 5.97 Å². The Labute approximate surface area is 189 Å². The van der Waals surface area contributed by atoms with Gasteiger partial charge in [-0.1, -0.05) is 30.3 Å². The summed E-state index contributed by atoms with van der Waals surface area (Å²) in [6.45, 7) is 5.74. The monoisotopic (exact) mass is 442 g/mol. The molecule has 0 amide bonds. The van der Waals surface area contributed by atoms with Crippen molar-refractivity contribution in [2.75, 3.05) is 0 Å². The lowest BCUT2D eigenvalue weighted by Gasteiger charge is -2.07. The Kier molecular flexibility index (Phi) is 5.66. The van der Waals surface area contributed by atoms with E-state index < -0.39 is 5.97 Å². The van der Waals surface area contributed by atoms with Crippen molar-refractivity contribution in [1.29, 1.82) is 0 Å². The average Bonchev–Trinajstić information content (AvgIpc) is 3.07. The molecule has 166 valence electrons. The first-order chi connectivity index (χ1) is 15.8. The first-order valence-corrected chi connectivity index (χ1v) is 10.2. The van der Waals surface area contributed by atoms with Crippen molar-refractivity contribution < 1.29 is 15.0 Å². The van der Waals surface area contributed by atoms with Crippen LogP contribution >= 0.6 is 0 Å². The van der Waals surface area contributed by atoms with Crippen LogP contribution in [0.5, 0.6) is 5.75 Å². The fraction of sp³-hybridized carbons (Fsp3) is 0.120. The molecular weight excluding hydrogens is 420 g/mol. The molecule has 3 aromatic carbocycles. The molecule has 0 aliphatic carbocycles. The molecule has 0 spiro atoms. The Morgan fingerprint density at radius 3 is 2.42 bits per heavy atom. The van der Waals surface area contributed by atoms with Gasteiger partial charge < -0.3 is 10.2 Å². The van der Waals surface area contributed by atoms with Gasteiger partial charge in [0.2, 0.25) is 0 Å². The summed E-state index contributed by atoms with van der Waals surface area (Å²) in [6, 6.07) is 17.1. The number of phenols is 1. The Morgan fingerprint density at radius 1 is 0.939 bits per heavy atom. The standard InChI is InChI=1S/C25H22N4O4/c1-14-10-11-19(12-15(14)2)29-24(31)22(16(3)28-29)27-26-18-7-4-6-17(13-18)20-8-5-9-21(23(20)30)25(32)33/h4-13,28,30H,1-3H3,(H,32,33). The number of hydrogen-bond donors (Lipinski definition) is 3. The number of nitrogens with zero attached hydrogens (tertiary/aromatic N) is 3. The summed E-state index contributed by atoms with van der Waals surface area (Å²) in [5, 5.41) is 31.0. The number of H-pyrrole nitrogens is 1. The molecule has 3 N–H and O–H groups in total. The van der Waals surface area contributed by atoms with Crippen LogP contribution in [0.2, 0.25) is 0 Å². The van der Waals surface area contributed by atoms with Gasteiger partial charge in [0.25, 0.3) is 5.56 Å². The molecule has 1 aromatic heterocycles. The van der Waals surface area contributed by atoms with Gasteiger partial charge in [0.15, 0.2) is 5.69 Å². The second-order valence-electron chi connectivity index (χ2n) is 7.75. The molecule has 0 bridgehead atoms. The molecule has 0 atom stereocenters. The van der Waals surface area contributed by atoms with Gasteiger partial charge in [-0.2, -0.15) is 5.11 Å². The SMILES string of the molecule is Cc1ccc(-n2[nH]c(C)c(N=Nc3cccc(-c4cccc(C(=O)O)c4O)c3)c2=O)cc1C. The number of para-hydroxylation sites is 1. The number of aromatic amines is 1. The molecule has 0 saturated carbocycles. The number of aromatic nitrogens is 2. The Bertz CT molecular complexity index is 1460. The van der Waals surface area contributed by atoms with E-state index in [2.05, 4.69) is 15.3 Å². The third-order valence-corrected chi connectivity index (χ3v) is 5.48. The molecule has 0 unspecified atom stereocenters. The van der Waals surface area contributed by atoms with E-state index in [4.69, 9.17) is 0 Å². The maximum atomic E-state index is 12.9. The van der Waals surface area contributed by atoms with Crippen LogP contribution in [0.1, 0.15) is 27.2 Å². The molecular formula is C25H22N4O4. The van der Waals surface area contributed by atoms with Gasteiger partial charge in [0, 0.05) is 5.56 Å². The molecule has 33 heavy (non-hydrogen) atoms. The number of carbonyl (C=O) groups is 1. The second-order valence-corrected chi connectivity index (χ2v) is 7.75. The highest BCUT2D eigenvalue weighted by Crippen LogP contribution is 2.34. The van der Waals surface area contributed by atoms with Crippen molar-refractivity contribution in [1.82, 2.24) is 9.78 Å². The largest absolute Gasteiger partial charge is 0.506 e. The highest BCUT2D eigenvalue weighted by atomic mass is 16.4. The lowest BCUT2D eigenvalue weighted by molar-refractivity contribution is 0.0694. The number of aromatic carboxylic acids is 1. The van der Waals surface area contributed by atoms with Crippen LogP contribution in [-0.2, 0) is 0 Å². The maximum absolute atomic E-state index is 12.9. The topological polar surface area (TPSA) is 120 Å². The van der Waals surface area contributed by atoms with E-state index in [1.54, 1.807) is 43.3 Å². The van der Waals surface area contributed by atoms with Gasteiger partial charge in [-0.3, -0.25) is 9.89 Å². The van der Waals surface area contributed by atoms with E-state index >= 15 is 0 Å². The summed E-state index contributed by atoms with van der Waals surface area (Å²) in [7, 11) is 0. The van der Waals surface area contributed by atoms with Crippen molar-refractivity contribution in [3.63, 3.8) is 0 Å². The summed E-state index contributed by atoms with van der Waals surface area (Å²) in [4.78, 5) is 24.2. The van der Waals surface area contributed by atoms with Gasteiger partial charge in [-0.05, 0) is 67.8 Å². The van der Waals surface area contributed by atoms with Crippen LogP contribution in [-0.4, -0.2) is 26.0 Å². The Morgan fingerprint density at radius 2 is 1.70 bits per heavy atom. The summed E-state index contributed by atoms with van der Waals surface area (Å²) < 4.78 is 1.43. The van der Waals surface area contributed by atoms with Gasteiger partial charge in [0.1, 0.15) is 11.3 Å². The zero-order valence-corrected chi connectivity index (χ0v) is 18.3. The molecule has 8 heteroatoms. The lowest BCUT2D eigenvalue weighted by atomic mass is 10.0. The summed E-state index contributed by atoms with van der Waals surface area (Å²) >= 11 is 0. The van der Waals surface area contributed by atoms with E-state index in [-0.39, 0.29) is 22.6 Å². The van der Waals surface area contributed by atoms with E-state index in [0.717, 1.165) is 11.1 Å². The van der Waals surface area contributed by atoms with Gasteiger partial charge in [0.05, 0.1) is 17.1 Å². The van der Waals surface area contributed by atoms with Gasteiger partial charge in [-0.15, -0.1) is 5.11 Å². The molecule has 4 rings (SSSR count). The smallest absolute Gasteiger partial charge is 0.339 e. The van der Waals surface area contributed by atoms with E-state index in [9.17, 15) is 19.8 Å². The Hall–Kier alpha value is -4.46. The number of benzene rings is 3. The van der Waals surface area contributed by atoms with E-state index in [1.165, 1.54) is 10.7 Å². The van der Waals surface area contributed by atoms with Crippen LogP contribution in [0.3, 0.4) is 0 Å². The minimum Gasteiger partial charge on any atom is -0.506 e. The van der Waals surface area contributed by atoms with Crippen molar-refractivity contribution in [2.45, 2.75) is 20.8 Å². The molecule has 0 radical (unpaired) electrons. The molecule has 0 saturated heterocycles.